The minimum absolute atomic E-state index is 0.268. The molecule has 0 aromatic heterocycles. The van der Waals surface area contributed by atoms with Gasteiger partial charge in [0, 0.05) is 0 Å². The molecule has 1 rings (SSSR count). The monoisotopic (exact) mass is 253 g/mol. The molecule has 0 fully saturated rings. The first-order valence-corrected chi connectivity index (χ1v) is 6.19. The van der Waals surface area contributed by atoms with Crippen molar-refractivity contribution >= 4 is 17.2 Å². The summed E-state index contributed by atoms with van der Waals surface area (Å²) in [6, 6.07) is 7.49. The van der Waals surface area contributed by atoms with Gasteiger partial charge in [-0.05, 0) is 25.5 Å². The van der Waals surface area contributed by atoms with E-state index in [2.05, 4.69) is 6.92 Å². The van der Waals surface area contributed by atoms with Crippen molar-refractivity contribution < 1.29 is 9.47 Å². The van der Waals surface area contributed by atoms with Crippen molar-refractivity contribution in [2.45, 2.75) is 26.4 Å². The number of nitrogens with two attached hydrogens (primary N) is 1. The third-order valence-corrected chi connectivity index (χ3v) is 2.69. The van der Waals surface area contributed by atoms with Crippen LogP contribution in [-0.2, 0) is 4.74 Å². The fraction of sp³-hybridized carbons (Fsp3) is 0.462. The SMILES string of the molecule is CCC(C)OCCOc1ccccc1C(N)=S. The molecular formula is C13H19NO2S. The molecule has 0 saturated heterocycles. The zero-order valence-corrected chi connectivity index (χ0v) is 11.1. The Morgan fingerprint density at radius 3 is 2.71 bits per heavy atom. The fourth-order valence-electron chi connectivity index (χ4n) is 1.31. The van der Waals surface area contributed by atoms with E-state index in [9.17, 15) is 0 Å². The van der Waals surface area contributed by atoms with Crippen molar-refractivity contribution in [3.05, 3.63) is 29.8 Å². The summed E-state index contributed by atoms with van der Waals surface area (Å²) in [7, 11) is 0. The van der Waals surface area contributed by atoms with Crippen LogP contribution in [0, 0.1) is 0 Å². The molecule has 0 bridgehead atoms. The van der Waals surface area contributed by atoms with Crippen molar-refractivity contribution in [2.24, 2.45) is 5.73 Å². The van der Waals surface area contributed by atoms with E-state index in [0.717, 1.165) is 12.0 Å². The molecule has 0 aliphatic carbocycles. The fourth-order valence-corrected chi connectivity index (χ4v) is 1.48. The minimum Gasteiger partial charge on any atom is -0.490 e. The topological polar surface area (TPSA) is 44.5 Å². The molecule has 0 spiro atoms. The summed E-state index contributed by atoms with van der Waals surface area (Å²) >= 11 is 4.96. The zero-order valence-electron chi connectivity index (χ0n) is 10.3. The van der Waals surface area contributed by atoms with E-state index in [4.69, 9.17) is 27.4 Å². The maximum Gasteiger partial charge on any atom is 0.129 e. The Morgan fingerprint density at radius 1 is 1.35 bits per heavy atom. The Balaban J connectivity index is 2.44. The predicted molar refractivity (Wildman–Crippen MR) is 73.5 cm³/mol. The maximum atomic E-state index is 5.61. The lowest BCUT2D eigenvalue weighted by molar-refractivity contribution is 0.0426. The number of para-hydroxylation sites is 1. The molecule has 4 heteroatoms. The highest BCUT2D eigenvalue weighted by Crippen LogP contribution is 2.17. The van der Waals surface area contributed by atoms with Crippen LogP contribution in [0.4, 0.5) is 0 Å². The molecule has 3 nitrogen and oxygen atoms in total. The molecule has 0 saturated carbocycles. The van der Waals surface area contributed by atoms with Gasteiger partial charge >= 0.3 is 0 Å². The van der Waals surface area contributed by atoms with Crippen molar-refractivity contribution in [1.29, 1.82) is 0 Å². The molecule has 0 heterocycles. The number of rotatable bonds is 7. The molecule has 1 atom stereocenters. The smallest absolute Gasteiger partial charge is 0.129 e. The van der Waals surface area contributed by atoms with Crippen molar-refractivity contribution in [1.82, 2.24) is 0 Å². The zero-order chi connectivity index (χ0) is 12.7. The molecule has 1 unspecified atom stereocenters. The average Bonchev–Trinajstić information content (AvgIpc) is 2.34. The number of ether oxygens (including phenoxy) is 2. The van der Waals surface area contributed by atoms with Gasteiger partial charge in [-0.2, -0.15) is 0 Å². The van der Waals surface area contributed by atoms with E-state index >= 15 is 0 Å². The second-order valence-corrected chi connectivity index (χ2v) is 4.24. The van der Waals surface area contributed by atoms with Gasteiger partial charge < -0.3 is 15.2 Å². The van der Waals surface area contributed by atoms with Crippen LogP contribution in [0.25, 0.3) is 0 Å². The van der Waals surface area contributed by atoms with Gasteiger partial charge in [0.1, 0.15) is 17.3 Å². The van der Waals surface area contributed by atoms with E-state index in [1.165, 1.54) is 0 Å². The van der Waals surface area contributed by atoms with E-state index in [-0.39, 0.29) is 6.10 Å². The lowest BCUT2D eigenvalue weighted by atomic mass is 10.2. The average molecular weight is 253 g/mol. The molecule has 1 aromatic carbocycles. The highest BCUT2D eigenvalue weighted by molar-refractivity contribution is 7.80. The van der Waals surface area contributed by atoms with Crippen molar-refractivity contribution in [2.75, 3.05) is 13.2 Å². The quantitative estimate of drug-likeness (QED) is 0.599. The van der Waals surface area contributed by atoms with Crippen LogP contribution in [0.5, 0.6) is 5.75 Å². The molecule has 17 heavy (non-hydrogen) atoms. The maximum absolute atomic E-state index is 5.61. The van der Waals surface area contributed by atoms with Crippen LogP contribution in [0.1, 0.15) is 25.8 Å². The second kappa shape index (κ2) is 7.25. The summed E-state index contributed by atoms with van der Waals surface area (Å²) in [5.41, 5.74) is 6.38. The Bertz CT molecular complexity index is 368. The molecule has 94 valence electrons. The van der Waals surface area contributed by atoms with Gasteiger partial charge in [-0.3, -0.25) is 0 Å². The predicted octanol–water partition coefficient (Wildman–Crippen LogP) is 2.51. The molecule has 1 aromatic rings. The molecule has 0 radical (unpaired) electrons. The lowest BCUT2D eigenvalue weighted by Gasteiger charge is -2.13. The normalized spacial score (nSPS) is 12.1. The summed E-state index contributed by atoms with van der Waals surface area (Å²) in [6.45, 7) is 5.21. The first-order valence-electron chi connectivity index (χ1n) is 5.78. The standard InChI is InChI=1S/C13H19NO2S/c1-3-10(2)15-8-9-16-12-7-5-4-6-11(12)13(14)17/h4-7,10H,3,8-9H2,1-2H3,(H2,14,17). The summed E-state index contributed by atoms with van der Waals surface area (Å²) < 4.78 is 11.1. The Morgan fingerprint density at radius 2 is 2.06 bits per heavy atom. The Hall–Kier alpha value is -1.13. The molecule has 2 N–H and O–H groups in total. The first-order chi connectivity index (χ1) is 8.15. The van der Waals surface area contributed by atoms with Gasteiger partial charge in [-0.25, -0.2) is 0 Å². The van der Waals surface area contributed by atoms with Crippen molar-refractivity contribution in [3.63, 3.8) is 0 Å². The number of thiocarbonyl (C=S) groups is 1. The van der Waals surface area contributed by atoms with Crippen LogP contribution < -0.4 is 10.5 Å². The van der Waals surface area contributed by atoms with E-state index < -0.39 is 0 Å². The molecule has 0 aliphatic heterocycles. The largest absolute Gasteiger partial charge is 0.490 e. The van der Waals surface area contributed by atoms with Crippen LogP contribution in [0.3, 0.4) is 0 Å². The Labute approximate surface area is 108 Å². The van der Waals surface area contributed by atoms with Crippen LogP contribution in [0.2, 0.25) is 0 Å². The van der Waals surface area contributed by atoms with Gasteiger partial charge in [0.15, 0.2) is 0 Å². The Kier molecular flexibility index (Phi) is 5.94. The molecule has 0 amide bonds. The van der Waals surface area contributed by atoms with Gasteiger partial charge in [0.2, 0.25) is 0 Å². The molecular weight excluding hydrogens is 234 g/mol. The number of benzene rings is 1. The summed E-state index contributed by atoms with van der Waals surface area (Å²) in [5, 5.41) is 0. The van der Waals surface area contributed by atoms with Crippen LogP contribution in [0.15, 0.2) is 24.3 Å². The van der Waals surface area contributed by atoms with Crippen LogP contribution in [-0.4, -0.2) is 24.3 Å². The highest BCUT2D eigenvalue weighted by atomic mass is 32.1. The summed E-state index contributed by atoms with van der Waals surface area (Å²) in [4.78, 5) is 0.350. The van der Waals surface area contributed by atoms with Gasteiger partial charge in [0.05, 0.1) is 18.3 Å². The third-order valence-electron chi connectivity index (χ3n) is 2.47. The first kappa shape index (κ1) is 13.9. The second-order valence-electron chi connectivity index (χ2n) is 3.80. The van der Waals surface area contributed by atoms with E-state index in [1.54, 1.807) is 0 Å². The summed E-state index contributed by atoms with van der Waals surface area (Å²) in [6.07, 6.45) is 1.27. The van der Waals surface area contributed by atoms with Gasteiger partial charge in [-0.15, -0.1) is 0 Å². The number of hydrogen-bond donors (Lipinski definition) is 1. The van der Waals surface area contributed by atoms with Gasteiger partial charge in [-0.1, -0.05) is 31.3 Å². The van der Waals surface area contributed by atoms with Gasteiger partial charge in [0.25, 0.3) is 0 Å². The third kappa shape index (κ3) is 4.71. The van der Waals surface area contributed by atoms with Crippen molar-refractivity contribution in [3.8, 4) is 5.75 Å². The minimum atomic E-state index is 0.268. The molecule has 0 aliphatic rings. The van der Waals surface area contributed by atoms with E-state index in [0.29, 0.717) is 24.0 Å². The van der Waals surface area contributed by atoms with Crippen LogP contribution >= 0.6 is 12.2 Å². The lowest BCUT2D eigenvalue weighted by Crippen LogP contribution is -2.16. The van der Waals surface area contributed by atoms with E-state index in [1.807, 2.05) is 31.2 Å². The number of hydrogen-bond acceptors (Lipinski definition) is 3. The summed E-state index contributed by atoms with van der Waals surface area (Å²) in [5.74, 6) is 0.716. The highest BCUT2D eigenvalue weighted by Gasteiger charge is 2.05.